The van der Waals surface area contributed by atoms with Crippen LogP contribution in [0.4, 0.5) is 0 Å². The third-order valence-electron chi connectivity index (χ3n) is 3.62. The Bertz CT molecular complexity index is 341. The first-order chi connectivity index (χ1) is 10.8. The lowest BCUT2D eigenvalue weighted by atomic mass is 9.98. The smallest absolute Gasteiger partial charge is 0.187 e. The average Bonchev–Trinajstić information content (AvgIpc) is 2.57. The Morgan fingerprint density at radius 3 is 1.87 bits per heavy atom. The van der Waals surface area contributed by atoms with Gasteiger partial charge in [-0.1, -0.05) is 0 Å². The summed E-state index contributed by atoms with van der Waals surface area (Å²) in [5, 5.41) is 84.9. The second-order valence-electron chi connectivity index (χ2n) is 5.29. The van der Waals surface area contributed by atoms with Gasteiger partial charge in [0.25, 0.3) is 0 Å². The third kappa shape index (κ3) is 4.78. The van der Waals surface area contributed by atoms with E-state index >= 15 is 0 Å². The average molecular weight is 344 g/mol. The molecule has 11 heteroatoms. The van der Waals surface area contributed by atoms with Gasteiger partial charge in [0.15, 0.2) is 6.29 Å². The van der Waals surface area contributed by atoms with Crippen molar-refractivity contribution < 1.29 is 55.4 Å². The number of ether oxygens (including phenoxy) is 2. The molecule has 1 aliphatic heterocycles. The molecule has 9 N–H and O–H groups in total. The Balaban J connectivity index is 2.89. The highest BCUT2D eigenvalue weighted by Gasteiger charge is 2.46. The van der Waals surface area contributed by atoms with E-state index in [-0.39, 0.29) is 0 Å². The van der Waals surface area contributed by atoms with Crippen LogP contribution >= 0.6 is 0 Å². The van der Waals surface area contributed by atoms with Crippen molar-refractivity contribution in [2.75, 3.05) is 19.8 Å². The van der Waals surface area contributed by atoms with Gasteiger partial charge < -0.3 is 55.4 Å². The van der Waals surface area contributed by atoms with Crippen LogP contribution in [0.2, 0.25) is 0 Å². The lowest BCUT2D eigenvalue weighted by molar-refractivity contribution is -0.327. The predicted molar refractivity (Wildman–Crippen MR) is 70.8 cm³/mol. The van der Waals surface area contributed by atoms with E-state index in [1.54, 1.807) is 0 Å². The molecule has 1 rings (SSSR count). The highest BCUT2D eigenvalue weighted by Crippen LogP contribution is 2.24. The number of hydrogen-bond donors (Lipinski definition) is 9. The fraction of sp³-hybridized carbons (Fsp3) is 1.00. The summed E-state index contributed by atoms with van der Waals surface area (Å²) in [7, 11) is 0. The van der Waals surface area contributed by atoms with Gasteiger partial charge in [0.1, 0.15) is 48.8 Å². The molecule has 1 heterocycles. The van der Waals surface area contributed by atoms with Gasteiger partial charge in [0, 0.05) is 0 Å². The molecule has 0 radical (unpaired) electrons. The first kappa shape index (κ1) is 20.6. The molecule has 0 aromatic rings. The van der Waals surface area contributed by atoms with Gasteiger partial charge in [-0.25, -0.2) is 0 Å². The van der Waals surface area contributed by atoms with Gasteiger partial charge >= 0.3 is 0 Å². The summed E-state index contributed by atoms with van der Waals surface area (Å²) < 4.78 is 10.1. The molecule has 1 aliphatic rings. The van der Waals surface area contributed by atoms with Crippen LogP contribution in [-0.2, 0) is 9.47 Å². The molecule has 9 atom stereocenters. The highest BCUT2D eigenvalue weighted by atomic mass is 16.7. The van der Waals surface area contributed by atoms with Crippen LogP contribution in [0.15, 0.2) is 0 Å². The number of aliphatic hydroxyl groups is 9. The van der Waals surface area contributed by atoms with Gasteiger partial charge in [-0.05, 0) is 0 Å². The summed E-state index contributed by atoms with van der Waals surface area (Å²) in [5.41, 5.74) is 0. The molecule has 0 aliphatic carbocycles. The summed E-state index contributed by atoms with van der Waals surface area (Å²) in [6, 6.07) is 0. The largest absolute Gasteiger partial charge is 0.394 e. The van der Waals surface area contributed by atoms with Crippen molar-refractivity contribution in [3.05, 3.63) is 0 Å². The van der Waals surface area contributed by atoms with Crippen LogP contribution in [0.1, 0.15) is 0 Å². The monoisotopic (exact) mass is 344 g/mol. The number of rotatable bonds is 8. The first-order valence-electron chi connectivity index (χ1n) is 7.00. The quantitative estimate of drug-likeness (QED) is 0.203. The Hall–Kier alpha value is -0.440. The topological polar surface area (TPSA) is 201 Å². The van der Waals surface area contributed by atoms with Crippen LogP contribution in [0.3, 0.4) is 0 Å². The normalized spacial score (nSPS) is 37.2. The maximum absolute atomic E-state index is 9.83. The molecular weight excluding hydrogens is 320 g/mol. The minimum atomic E-state index is -1.85. The molecule has 138 valence electrons. The van der Waals surface area contributed by atoms with Crippen LogP contribution in [-0.4, -0.2) is 121 Å². The van der Waals surface area contributed by atoms with Gasteiger partial charge in [-0.2, -0.15) is 0 Å². The van der Waals surface area contributed by atoms with Crippen molar-refractivity contribution in [1.29, 1.82) is 0 Å². The van der Waals surface area contributed by atoms with Crippen molar-refractivity contribution in [1.82, 2.24) is 0 Å². The molecule has 1 saturated heterocycles. The van der Waals surface area contributed by atoms with Crippen molar-refractivity contribution in [3.8, 4) is 0 Å². The van der Waals surface area contributed by atoms with Crippen molar-refractivity contribution in [2.45, 2.75) is 55.1 Å². The molecule has 23 heavy (non-hydrogen) atoms. The van der Waals surface area contributed by atoms with Crippen molar-refractivity contribution in [3.63, 3.8) is 0 Å². The van der Waals surface area contributed by atoms with Crippen molar-refractivity contribution >= 4 is 0 Å². The molecule has 0 unspecified atom stereocenters. The van der Waals surface area contributed by atoms with E-state index in [2.05, 4.69) is 0 Å². The van der Waals surface area contributed by atoms with Gasteiger partial charge in [-0.3, -0.25) is 0 Å². The number of aliphatic hydroxyl groups excluding tert-OH is 9. The van der Waals surface area contributed by atoms with E-state index in [9.17, 15) is 30.6 Å². The zero-order valence-corrected chi connectivity index (χ0v) is 12.2. The van der Waals surface area contributed by atoms with Gasteiger partial charge in [0.05, 0.1) is 19.8 Å². The Morgan fingerprint density at radius 1 is 0.826 bits per heavy atom. The lowest BCUT2D eigenvalue weighted by Gasteiger charge is -2.42. The first-order valence-corrected chi connectivity index (χ1v) is 7.00. The lowest BCUT2D eigenvalue weighted by Crippen LogP contribution is -2.61. The predicted octanol–water partition coefficient (Wildman–Crippen LogP) is -5.76. The van der Waals surface area contributed by atoms with E-state index < -0.39 is 74.9 Å². The maximum atomic E-state index is 9.83. The molecule has 0 saturated carbocycles. The van der Waals surface area contributed by atoms with E-state index in [0.29, 0.717) is 0 Å². The van der Waals surface area contributed by atoms with E-state index in [1.165, 1.54) is 0 Å². The zero-order chi connectivity index (χ0) is 17.7. The van der Waals surface area contributed by atoms with E-state index in [1.807, 2.05) is 0 Å². The van der Waals surface area contributed by atoms with E-state index in [0.717, 1.165) is 0 Å². The van der Waals surface area contributed by atoms with Crippen LogP contribution < -0.4 is 0 Å². The molecule has 11 nitrogen and oxygen atoms in total. The van der Waals surface area contributed by atoms with Crippen LogP contribution in [0, 0.1) is 0 Å². The molecular formula is C12H24O11. The van der Waals surface area contributed by atoms with Crippen molar-refractivity contribution in [2.24, 2.45) is 0 Å². The van der Waals surface area contributed by atoms with Crippen LogP contribution in [0.5, 0.6) is 0 Å². The van der Waals surface area contributed by atoms with Gasteiger partial charge in [0.2, 0.25) is 0 Å². The summed E-state index contributed by atoms with van der Waals surface area (Å²) in [5.74, 6) is 0. The zero-order valence-electron chi connectivity index (χ0n) is 12.2. The molecule has 0 amide bonds. The third-order valence-corrected chi connectivity index (χ3v) is 3.62. The Kier molecular flexibility index (Phi) is 8.20. The Labute approximate surface area is 131 Å². The maximum Gasteiger partial charge on any atom is 0.187 e. The SMILES string of the molecule is OC[C@@H](O)[C@H](O)[C@@H](O[C@@H]1O[C@H](CO)[C@@H](O)[C@H](O)[C@H]1O)[C@@H](O)CO. The molecule has 0 aromatic heterocycles. The Morgan fingerprint density at radius 2 is 1.39 bits per heavy atom. The van der Waals surface area contributed by atoms with Crippen LogP contribution in [0.25, 0.3) is 0 Å². The minimum absolute atomic E-state index is 0.708. The fourth-order valence-corrected chi connectivity index (χ4v) is 2.16. The number of hydrogen-bond acceptors (Lipinski definition) is 11. The van der Waals surface area contributed by atoms with Gasteiger partial charge in [-0.15, -0.1) is 0 Å². The highest BCUT2D eigenvalue weighted by molar-refractivity contribution is 4.91. The standard InChI is InChI=1S/C12H24O11/c13-1-4(16)7(18)11(5(17)2-14)23-12-10(21)9(20)8(19)6(3-15)22-12/h4-21H,1-3H2/t4-,5+,6-,7+,8-,9+,10-,11+,12+/m1/s1. The minimum Gasteiger partial charge on any atom is -0.394 e. The molecule has 0 spiro atoms. The second-order valence-corrected chi connectivity index (χ2v) is 5.29. The summed E-state index contributed by atoms with van der Waals surface area (Å²) in [6.07, 6.45) is -15.1. The second kappa shape index (κ2) is 9.15. The summed E-state index contributed by atoms with van der Waals surface area (Å²) >= 11 is 0. The molecule has 0 bridgehead atoms. The summed E-state index contributed by atoms with van der Waals surface area (Å²) in [6.45, 7) is -2.45. The fourth-order valence-electron chi connectivity index (χ4n) is 2.16. The van der Waals surface area contributed by atoms with E-state index in [4.69, 9.17) is 24.8 Å². The molecule has 0 aromatic carbocycles. The molecule has 1 fully saturated rings. The summed E-state index contributed by atoms with van der Waals surface area (Å²) in [4.78, 5) is 0.